The van der Waals surface area contributed by atoms with E-state index in [4.69, 9.17) is 19.0 Å². The fraction of sp³-hybridized carbons (Fsp3) is 1.00. The molecular weight excluding hydrogens is 198 g/mol. The Hall–Kier alpha value is 0.0569. The van der Waals surface area contributed by atoms with Gasteiger partial charge in [0.1, 0.15) is 0 Å². The van der Waals surface area contributed by atoms with Gasteiger partial charge in [-0.15, -0.1) is 0 Å². The quantitative estimate of drug-likeness (QED) is 0.629. The van der Waals surface area contributed by atoms with Crippen molar-refractivity contribution in [2.45, 2.75) is 38.8 Å². The van der Waals surface area contributed by atoms with E-state index < -0.39 is 8.80 Å². The lowest BCUT2D eigenvalue weighted by Gasteiger charge is -2.26. The van der Waals surface area contributed by atoms with Crippen molar-refractivity contribution in [3.8, 4) is 0 Å². The van der Waals surface area contributed by atoms with Gasteiger partial charge in [-0.2, -0.15) is 0 Å². The normalized spacial score (nSPS) is 14.4. The zero-order valence-electron chi connectivity index (χ0n) is 9.71. The van der Waals surface area contributed by atoms with Gasteiger partial charge >= 0.3 is 8.80 Å². The number of hydrogen-bond acceptors (Lipinski definition) is 4. The van der Waals surface area contributed by atoms with Crippen LogP contribution in [-0.4, -0.2) is 35.7 Å². The Bertz CT molecular complexity index is 140. The summed E-state index contributed by atoms with van der Waals surface area (Å²) in [4.78, 5) is 0. The van der Waals surface area contributed by atoms with Crippen molar-refractivity contribution in [3.05, 3.63) is 0 Å². The van der Waals surface area contributed by atoms with E-state index in [-0.39, 0.29) is 6.04 Å². The molecule has 0 aromatic rings. The summed E-state index contributed by atoms with van der Waals surface area (Å²) in [6.45, 7) is 4.67. The van der Waals surface area contributed by atoms with Crippen molar-refractivity contribution in [3.63, 3.8) is 0 Å². The van der Waals surface area contributed by atoms with Crippen LogP contribution in [0.15, 0.2) is 0 Å². The van der Waals surface area contributed by atoms with Crippen molar-refractivity contribution in [2.75, 3.05) is 20.8 Å². The zero-order valence-corrected chi connectivity index (χ0v) is 10.7. The molecule has 4 nitrogen and oxygen atoms in total. The van der Waals surface area contributed by atoms with E-state index in [0.717, 1.165) is 18.9 Å². The van der Waals surface area contributed by atoms with Gasteiger partial charge in [0.25, 0.3) is 0 Å². The summed E-state index contributed by atoms with van der Waals surface area (Å²) < 4.78 is 16.4. The molecule has 0 aromatic heterocycles. The number of rotatable bonds is 8. The molecule has 0 heterocycles. The molecule has 1 unspecified atom stereocenters. The van der Waals surface area contributed by atoms with Crippen LogP contribution < -0.4 is 5.73 Å². The smallest absolute Gasteiger partial charge is 0.377 e. The molecule has 0 bridgehead atoms. The lowest BCUT2D eigenvalue weighted by atomic mass is 10.3. The molecule has 14 heavy (non-hydrogen) atoms. The average molecular weight is 221 g/mol. The number of hydrogen-bond donors (Lipinski definition) is 1. The lowest BCUT2D eigenvalue weighted by Crippen LogP contribution is -2.44. The summed E-state index contributed by atoms with van der Waals surface area (Å²) in [6, 6.07) is 1.02. The molecule has 0 aliphatic rings. The van der Waals surface area contributed by atoms with Crippen molar-refractivity contribution in [1.82, 2.24) is 0 Å². The second-order valence-electron chi connectivity index (χ2n) is 3.46. The highest BCUT2D eigenvalue weighted by Gasteiger charge is 2.37. The van der Waals surface area contributed by atoms with E-state index >= 15 is 0 Å². The molecule has 0 rings (SSSR count). The van der Waals surface area contributed by atoms with Gasteiger partial charge in [-0.05, 0) is 13.3 Å². The van der Waals surface area contributed by atoms with Crippen LogP contribution in [-0.2, 0) is 13.3 Å². The molecule has 86 valence electrons. The standard InChI is InChI=1S/C9H23NO3Si/c1-5-8-14(11-3,12-4)13-7-6-9(2)10/h9H,5-8,10H2,1-4H3. The SMILES string of the molecule is CCC[Si](OC)(OC)OCCC(C)N. The molecule has 0 saturated carbocycles. The molecule has 0 radical (unpaired) electrons. The van der Waals surface area contributed by atoms with Crippen LogP contribution in [0.1, 0.15) is 26.7 Å². The van der Waals surface area contributed by atoms with Gasteiger partial charge in [0, 0.05) is 32.9 Å². The molecule has 0 spiro atoms. The van der Waals surface area contributed by atoms with Crippen LogP contribution in [0.5, 0.6) is 0 Å². The Morgan fingerprint density at radius 2 is 1.86 bits per heavy atom. The molecule has 0 saturated heterocycles. The largest absolute Gasteiger partial charge is 0.500 e. The Balaban J connectivity index is 3.94. The molecule has 2 N–H and O–H groups in total. The van der Waals surface area contributed by atoms with Crippen molar-refractivity contribution < 1.29 is 13.3 Å². The third-order valence-corrected chi connectivity index (χ3v) is 5.07. The Labute approximate surface area is 88.1 Å². The molecule has 0 amide bonds. The lowest BCUT2D eigenvalue weighted by molar-refractivity contribution is 0.0955. The van der Waals surface area contributed by atoms with E-state index in [2.05, 4.69) is 6.92 Å². The molecule has 1 atom stereocenters. The van der Waals surface area contributed by atoms with E-state index in [1.54, 1.807) is 14.2 Å². The second kappa shape index (κ2) is 7.36. The minimum Gasteiger partial charge on any atom is -0.377 e. The topological polar surface area (TPSA) is 53.7 Å². The summed E-state index contributed by atoms with van der Waals surface area (Å²) in [5.41, 5.74) is 5.63. The maximum Gasteiger partial charge on any atom is 0.500 e. The van der Waals surface area contributed by atoms with Crippen LogP contribution >= 0.6 is 0 Å². The van der Waals surface area contributed by atoms with E-state index in [1.165, 1.54) is 0 Å². The second-order valence-corrected chi connectivity index (χ2v) is 6.43. The summed E-state index contributed by atoms with van der Waals surface area (Å²) in [7, 11) is 0.934. The van der Waals surface area contributed by atoms with Crippen LogP contribution in [0.2, 0.25) is 6.04 Å². The molecule has 0 fully saturated rings. The van der Waals surface area contributed by atoms with Gasteiger partial charge in [-0.25, -0.2) is 0 Å². The van der Waals surface area contributed by atoms with E-state index in [0.29, 0.717) is 6.61 Å². The van der Waals surface area contributed by atoms with Gasteiger partial charge in [-0.3, -0.25) is 0 Å². The van der Waals surface area contributed by atoms with Crippen LogP contribution in [0.4, 0.5) is 0 Å². The zero-order chi connectivity index (χ0) is 11.0. The van der Waals surface area contributed by atoms with Gasteiger partial charge in [0.05, 0.1) is 0 Å². The van der Waals surface area contributed by atoms with Gasteiger partial charge < -0.3 is 19.0 Å². The van der Waals surface area contributed by atoms with E-state index in [9.17, 15) is 0 Å². The molecule has 0 aromatic carbocycles. The first kappa shape index (κ1) is 14.1. The highest BCUT2D eigenvalue weighted by atomic mass is 28.4. The summed E-state index contributed by atoms with van der Waals surface area (Å²) >= 11 is 0. The van der Waals surface area contributed by atoms with Crippen molar-refractivity contribution in [2.24, 2.45) is 5.73 Å². The minimum atomic E-state index is -2.37. The first-order valence-corrected chi connectivity index (χ1v) is 7.03. The van der Waals surface area contributed by atoms with Crippen molar-refractivity contribution in [1.29, 1.82) is 0 Å². The predicted octanol–water partition coefficient (Wildman–Crippen LogP) is 1.38. The molecule has 5 heteroatoms. The molecule has 0 aliphatic carbocycles. The minimum absolute atomic E-state index is 0.164. The summed E-state index contributed by atoms with van der Waals surface area (Å²) in [5.74, 6) is 0. The van der Waals surface area contributed by atoms with Gasteiger partial charge in [0.15, 0.2) is 0 Å². The van der Waals surface area contributed by atoms with Gasteiger partial charge in [0.2, 0.25) is 0 Å². The number of nitrogens with two attached hydrogens (primary N) is 1. The first-order valence-electron chi connectivity index (χ1n) is 5.10. The highest BCUT2D eigenvalue weighted by molar-refractivity contribution is 6.60. The molecule has 0 aliphatic heterocycles. The summed E-state index contributed by atoms with van der Waals surface area (Å²) in [6.07, 6.45) is 1.84. The maximum atomic E-state index is 5.69. The van der Waals surface area contributed by atoms with Crippen LogP contribution in [0.3, 0.4) is 0 Å². The Morgan fingerprint density at radius 3 is 2.21 bits per heavy atom. The third kappa shape index (κ3) is 5.07. The maximum absolute atomic E-state index is 5.69. The molecular formula is C9H23NO3Si. The monoisotopic (exact) mass is 221 g/mol. The Morgan fingerprint density at radius 1 is 1.29 bits per heavy atom. The average Bonchev–Trinajstić information content (AvgIpc) is 2.16. The van der Waals surface area contributed by atoms with Crippen molar-refractivity contribution >= 4 is 8.80 Å². The van der Waals surface area contributed by atoms with Crippen LogP contribution in [0.25, 0.3) is 0 Å². The van der Waals surface area contributed by atoms with Gasteiger partial charge in [-0.1, -0.05) is 13.3 Å². The fourth-order valence-corrected chi connectivity index (χ4v) is 3.18. The summed E-state index contributed by atoms with van der Waals surface area (Å²) in [5, 5.41) is 0. The van der Waals surface area contributed by atoms with Crippen LogP contribution in [0, 0.1) is 0 Å². The Kier molecular flexibility index (Phi) is 7.39. The predicted molar refractivity (Wildman–Crippen MR) is 59.1 cm³/mol. The third-order valence-electron chi connectivity index (χ3n) is 2.07. The highest BCUT2D eigenvalue weighted by Crippen LogP contribution is 2.16. The first-order chi connectivity index (χ1) is 6.60. The van der Waals surface area contributed by atoms with E-state index in [1.807, 2.05) is 6.92 Å². The fourth-order valence-electron chi connectivity index (χ4n) is 1.18.